The van der Waals surface area contributed by atoms with Crippen molar-refractivity contribution >= 4 is 18.0 Å². The van der Waals surface area contributed by atoms with E-state index < -0.39 is 18.1 Å². The molecular formula is C16H21N3O5. The highest BCUT2D eigenvalue weighted by molar-refractivity contribution is 5.77. The number of piperazine rings is 1. The molecule has 1 aliphatic rings. The number of nitrogens with zero attached hydrogens (tertiary/aromatic N) is 2. The molecule has 8 nitrogen and oxygen atoms in total. The second kappa shape index (κ2) is 8.30. The summed E-state index contributed by atoms with van der Waals surface area (Å²) in [6.45, 7) is 2.97. The van der Waals surface area contributed by atoms with E-state index in [1.165, 1.54) is 11.8 Å². The lowest BCUT2D eigenvalue weighted by atomic mass is 10.1. The van der Waals surface area contributed by atoms with Crippen molar-refractivity contribution in [2.75, 3.05) is 26.2 Å². The van der Waals surface area contributed by atoms with Crippen molar-refractivity contribution in [3.05, 3.63) is 35.9 Å². The Balaban J connectivity index is 1.73. The Labute approximate surface area is 140 Å². The molecule has 8 heteroatoms. The zero-order valence-electron chi connectivity index (χ0n) is 13.5. The van der Waals surface area contributed by atoms with E-state index in [1.807, 2.05) is 30.3 Å². The van der Waals surface area contributed by atoms with E-state index in [4.69, 9.17) is 5.73 Å². The van der Waals surface area contributed by atoms with Gasteiger partial charge in [0, 0.05) is 33.1 Å². The smallest absolute Gasteiger partial charge is 0.339 e. The zero-order chi connectivity index (χ0) is 17.5. The van der Waals surface area contributed by atoms with Crippen LogP contribution in [0.5, 0.6) is 0 Å². The quantitative estimate of drug-likeness (QED) is 0.630. The number of carbonyl (C=O) groups is 3. The summed E-state index contributed by atoms with van der Waals surface area (Å²) in [4.78, 5) is 46.9. The molecule has 1 aliphatic heterocycles. The van der Waals surface area contributed by atoms with Crippen molar-refractivity contribution in [2.45, 2.75) is 19.4 Å². The average Bonchev–Trinajstić information content (AvgIpc) is 2.60. The summed E-state index contributed by atoms with van der Waals surface area (Å²) < 4.78 is 0. The van der Waals surface area contributed by atoms with Gasteiger partial charge in [0.1, 0.15) is 6.04 Å². The van der Waals surface area contributed by atoms with Crippen LogP contribution < -0.4 is 5.73 Å². The van der Waals surface area contributed by atoms with E-state index in [-0.39, 0.29) is 12.3 Å². The molecule has 1 saturated heterocycles. The first-order valence-electron chi connectivity index (χ1n) is 7.69. The molecule has 2 amide bonds. The van der Waals surface area contributed by atoms with Crippen LogP contribution in [-0.4, -0.2) is 60.0 Å². The molecule has 1 heterocycles. The van der Waals surface area contributed by atoms with Crippen molar-refractivity contribution < 1.29 is 24.2 Å². The summed E-state index contributed by atoms with van der Waals surface area (Å²) in [5.74, 6) is -0.851. The van der Waals surface area contributed by atoms with Crippen molar-refractivity contribution in [1.82, 2.24) is 9.80 Å². The molecule has 0 aliphatic carbocycles. The summed E-state index contributed by atoms with van der Waals surface area (Å²) in [6.07, 6.45) is -0.479. The highest BCUT2D eigenvalue weighted by atomic mass is 17.2. The molecule has 0 aromatic heterocycles. The Hall–Kier alpha value is -2.61. The van der Waals surface area contributed by atoms with Crippen molar-refractivity contribution in [2.24, 2.45) is 5.73 Å². The van der Waals surface area contributed by atoms with E-state index in [1.54, 1.807) is 4.90 Å². The van der Waals surface area contributed by atoms with Crippen LogP contribution in [0, 0.1) is 0 Å². The molecule has 130 valence electrons. The molecule has 1 aromatic carbocycles. The lowest BCUT2D eigenvalue weighted by Crippen LogP contribution is -2.50. The maximum absolute atomic E-state index is 11.8. The van der Waals surface area contributed by atoms with E-state index >= 15 is 0 Å². The van der Waals surface area contributed by atoms with Gasteiger partial charge in [0.2, 0.25) is 5.91 Å². The molecule has 0 unspecified atom stereocenters. The molecule has 0 spiro atoms. The van der Waals surface area contributed by atoms with Crippen LogP contribution in [0.4, 0.5) is 4.79 Å². The molecule has 2 N–H and O–H groups in total. The minimum absolute atomic E-state index is 0.0404. The van der Waals surface area contributed by atoms with Crippen LogP contribution in [0.2, 0.25) is 0 Å². The van der Waals surface area contributed by atoms with Crippen LogP contribution in [0.3, 0.4) is 0 Å². The van der Waals surface area contributed by atoms with Crippen LogP contribution >= 0.6 is 0 Å². The Morgan fingerprint density at radius 1 is 1.04 bits per heavy atom. The molecular weight excluding hydrogens is 314 g/mol. The first kappa shape index (κ1) is 17.7. The highest BCUT2D eigenvalue weighted by Crippen LogP contribution is 2.06. The van der Waals surface area contributed by atoms with Gasteiger partial charge in [-0.2, -0.15) is 0 Å². The van der Waals surface area contributed by atoms with Gasteiger partial charge in [0.25, 0.3) is 0 Å². The molecule has 0 bridgehead atoms. The minimum Gasteiger partial charge on any atom is -0.339 e. The number of amides is 2. The predicted molar refractivity (Wildman–Crippen MR) is 84.5 cm³/mol. The molecule has 0 radical (unpaired) electrons. The Bertz CT molecular complexity index is 585. The number of hydrogen-bond acceptors (Lipinski definition) is 6. The highest BCUT2D eigenvalue weighted by Gasteiger charge is 2.26. The van der Waals surface area contributed by atoms with Crippen LogP contribution in [0.25, 0.3) is 0 Å². The van der Waals surface area contributed by atoms with Gasteiger partial charge in [0.05, 0.1) is 0 Å². The summed E-state index contributed by atoms with van der Waals surface area (Å²) >= 11 is 0. The molecule has 1 atom stereocenters. The largest absolute Gasteiger partial charge is 0.453 e. The van der Waals surface area contributed by atoms with Crippen LogP contribution in [0.1, 0.15) is 12.5 Å². The monoisotopic (exact) mass is 335 g/mol. The fraction of sp³-hybridized carbons (Fsp3) is 0.438. The third-order valence-corrected chi connectivity index (χ3v) is 3.78. The summed E-state index contributed by atoms with van der Waals surface area (Å²) in [6, 6.07) is 8.31. The van der Waals surface area contributed by atoms with Gasteiger partial charge in [0.15, 0.2) is 0 Å². The SMILES string of the molecule is CC(=O)N1CCN(C(=O)OOC(=O)[C@@H](N)Cc2ccccc2)CC1. The van der Waals surface area contributed by atoms with Gasteiger partial charge in [-0.1, -0.05) is 30.3 Å². The van der Waals surface area contributed by atoms with Gasteiger partial charge in [-0.25, -0.2) is 19.4 Å². The average molecular weight is 335 g/mol. The lowest BCUT2D eigenvalue weighted by Gasteiger charge is -2.32. The summed E-state index contributed by atoms with van der Waals surface area (Å²) in [5, 5.41) is 0. The van der Waals surface area contributed by atoms with Gasteiger partial charge in [-0.3, -0.25) is 4.79 Å². The van der Waals surface area contributed by atoms with Crippen molar-refractivity contribution in [3.8, 4) is 0 Å². The number of benzene rings is 1. The van der Waals surface area contributed by atoms with Crippen LogP contribution in [-0.2, 0) is 25.8 Å². The maximum Gasteiger partial charge on any atom is 0.453 e. The van der Waals surface area contributed by atoms with E-state index in [0.717, 1.165) is 5.56 Å². The molecule has 2 rings (SSSR count). The Morgan fingerprint density at radius 2 is 1.62 bits per heavy atom. The van der Waals surface area contributed by atoms with E-state index in [9.17, 15) is 14.4 Å². The standard InChI is InChI=1S/C16H21N3O5/c1-12(20)18-7-9-19(10-8-18)16(22)24-23-15(21)14(17)11-13-5-3-2-4-6-13/h2-6,14H,7-11,17H2,1H3/t14-/m0/s1. The fourth-order valence-corrected chi connectivity index (χ4v) is 2.35. The zero-order valence-corrected chi connectivity index (χ0v) is 13.5. The van der Waals surface area contributed by atoms with Crippen LogP contribution in [0.15, 0.2) is 30.3 Å². The molecule has 1 aromatic rings. The number of rotatable bonds is 3. The topological polar surface area (TPSA) is 102 Å². The van der Waals surface area contributed by atoms with Gasteiger partial charge >= 0.3 is 12.1 Å². The number of hydrogen-bond donors (Lipinski definition) is 1. The third-order valence-electron chi connectivity index (χ3n) is 3.78. The number of nitrogens with two attached hydrogens (primary N) is 1. The van der Waals surface area contributed by atoms with E-state index in [2.05, 4.69) is 9.78 Å². The second-order valence-corrected chi connectivity index (χ2v) is 5.54. The second-order valence-electron chi connectivity index (χ2n) is 5.54. The van der Waals surface area contributed by atoms with E-state index in [0.29, 0.717) is 26.2 Å². The van der Waals surface area contributed by atoms with Gasteiger partial charge in [-0.15, -0.1) is 0 Å². The minimum atomic E-state index is -0.922. The Kier molecular flexibility index (Phi) is 6.14. The number of carbonyl (C=O) groups excluding carboxylic acids is 3. The molecule has 0 saturated carbocycles. The first-order chi connectivity index (χ1) is 11.5. The van der Waals surface area contributed by atoms with Crippen molar-refractivity contribution in [1.29, 1.82) is 0 Å². The lowest BCUT2D eigenvalue weighted by molar-refractivity contribution is -0.238. The maximum atomic E-state index is 11.8. The fourth-order valence-electron chi connectivity index (χ4n) is 2.35. The Morgan fingerprint density at radius 3 is 2.21 bits per heavy atom. The normalized spacial score (nSPS) is 15.6. The van der Waals surface area contributed by atoms with Gasteiger partial charge in [-0.05, 0) is 12.0 Å². The van der Waals surface area contributed by atoms with Gasteiger partial charge < -0.3 is 15.5 Å². The summed E-state index contributed by atoms with van der Waals surface area (Å²) in [5.41, 5.74) is 6.62. The first-order valence-corrected chi connectivity index (χ1v) is 7.69. The third kappa shape index (κ3) is 4.95. The molecule has 24 heavy (non-hydrogen) atoms. The van der Waals surface area contributed by atoms with Crippen molar-refractivity contribution in [3.63, 3.8) is 0 Å². The predicted octanol–water partition coefficient (Wildman–Crippen LogP) is 0.315. The molecule has 1 fully saturated rings. The summed E-state index contributed by atoms with van der Waals surface area (Å²) in [7, 11) is 0.